The molecule has 0 unspecified atom stereocenters. The molecule has 0 radical (unpaired) electrons. The molecule has 31 heavy (non-hydrogen) atoms. The van der Waals surface area contributed by atoms with E-state index in [4.69, 9.17) is 21.4 Å². The lowest BCUT2D eigenvalue weighted by Gasteiger charge is -2.14. The summed E-state index contributed by atoms with van der Waals surface area (Å²) < 4.78 is 11.9. The van der Waals surface area contributed by atoms with Crippen molar-refractivity contribution in [1.82, 2.24) is 15.3 Å². The Morgan fingerprint density at radius 1 is 1.19 bits per heavy atom. The lowest BCUT2D eigenvalue weighted by atomic mass is 10.1. The summed E-state index contributed by atoms with van der Waals surface area (Å²) in [5, 5.41) is 5.85. The summed E-state index contributed by atoms with van der Waals surface area (Å²) >= 11 is 8.69. The van der Waals surface area contributed by atoms with Gasteiger partial charge in [-0.2, -0.15) is 4.98 Å². The zero-order chi connectivity index (χ0) is 22.0. The molecule has 0 spiro atoms. The van der Waals surface area contributed by atoms with Crippen molar-refractivity contribution in [2.45, 2.75) is 6.92 Å². The second-order valence-electron chi connectivity index (χ2n) is 6.63. The van der Waals surface area contributed by atoms with Crippen LogP contribution in [-0.2, 0) is 0 Å². The van der Waals surface area contributed by atoms with Crippen molar-refractivity contribution < 1.29 is 13.9 Å². The van der Waals surface area contributed by atoms with E-state index in [9.17, 15) is 4.79 Å². The third-order valence-corrected chi connectivity index (χ3v) is 5.13. The standard InChI is InChI=1S/C22H17BrN4O3S/c1-12-10-14(23)11-16(18(12)29-2)20(28)27-22(31)25-15-7-5-13(6-8-15)21-26-19-17(30-21)4-3-9-24-19/h3-11H,1-2H3,(H2,25,27,28,31). The van der Waals surface area contributed by atoms with E-state index in [2.05, 4.69) is 36.5 Å². The Bertz CT molecular complexity index is 1250. The fourth-order valence-electron chi connectivity index (χ4n) is 3.09. The van der Waals surface area contributed by atoms with E-state index in [0.29, 0.717) is 34.1 Å². The Kier molecular flexibility index (Phi) is 5.97. The van der Waals surface area contributed by atoms with Crippen molar-refractivity contribution in [2.24, 2.45) is 0 Å². The first-order chi connectivity index (χ1) is 14.9. The number of anilines is 1. The highest BCUT2D eigenvalue weighted by molar-refractivity contribution is 9.10. The largest absolute Gasteiger partial charge is 0.496 e. The predicted octanol–water partition coefficient (Wildman–Crippen LogP) is 5.10. The van der Waals surface area contributed by atoms with E-state index >= 15 is 0 Å². The van der Waals surface area contributed by atoms with Crippen LogP contribution in [0, 0.1) is 6.92 Å². The number of oxazole rings is 1. The molecule has 156 valence electrons. The van der Waals surface area contributed by atoms with Crippen LogP contribution < -0.4 is 15.4 Å². The number of thiocarbonyl (C=S) groups is 1. The summed E-state index contributed by atoms with van der Waals surface area (Å²) in [6.07, 6.45) is 1.67. The van der Waals surface area contributed by atoms with Crippen molar-refractivity contribution in [3.8, 4) is 17.2 Å². The number of carbonyl (C=O) groups is 1. The molecule has 2 aromatic heterocycles. The summed E-state index contributed by atoms with van der Waals surface area (Å²) in [5.41, 5.74) is 3.92. The molecule has 0 aliphatic carbocycles. The molecular formula is C22H17BrN4O3S. The lowest BCUT2D eigenvalue weighted by molar-refractivity contribution is 0.0974. The number of halogens is 1. The van der Waals surface area contributed by atoms with Gasteiger partial charge < -0.3 is 14.5 Å². The van der Waals surface area contributed by atoms with Gasteiger partial charge in [-0.15, -0.1) is 0 Å². The minimum Gasteiger partial charge on any atom is -0.496 e. The van der Waals surface area contributed by atoms with Gasteiger partial charge in [0.05, 0.1) is 12.7 Å². The van der Waals surface area contributed by atoms with Gasteiger partial charge in [-0.3, -0.25) is 10.1 Å². The van der Waals surface area contributed by atoms with Crippen LogP contribution >= 0.6 is 28.1 Å². The molecule has 9 heteroatoms. The van der Waals surface area contributed by atoms with E-state index < -0.39 is 0 Å². The first-order valence-electron chi connectivity index (χ1n) is 9.23. The van der Waals surface area contributed by atoms with Crippen molar-refractivity contribution in [2.75, 3.05) is 12.4 Å². The van der Waals surface area contributed by atoms with Gasteiger partial charge >= 0.3 is 0 Å². The average Bonchev–Trinajstić information content (AvgIpc) is 3.18. The van der Waals surface area contributed by atoms with Crippen LogP contribution in [0.1, 0.15) is 15.9 Å². The van der Waals surface area contributed by atoms with Crippen LogP contribution in [0.3, 0.4) is 0 Å². The third-order valence-electron chi connectivity index (χ3n) is 4.47. The second-order valence-corrected chi connectivity index (χ2v) is 7.96. The number of rotatable bonds is 4. The molecule has 1 amide bonds. The number of pyridine rings is 1. The van der Waals surface area contributed by atoms with Crippen molar-refractivity contribution >= 4 is 56.1 Å². The van der Waals surface area contributed by atoms with Crippen LogP contribution in [-0.4, -0.2) is 28.1 Å². The minimum atomic E-state index is -0.366. The van der Waals surface area contributed by atoms with E-state index in [-0.39, 0.29) is 11.0 Å². The highest BCUT2D eigenvalue weighted by Crippen LogP contribution is 2.28. The molecule has 7 nitrogen and oxygen atoms in total. The van der Waals surface area contributed by atoms with Crippen molar-refractivity contribution in [3.05, 3.63) is 70.3 Å². The third kappa shape index (κ3) is 4.57. The molecule has 0 saturated heterocycles. The zero-order valence-corrected chi connectivity index (χ0v) is 19.0. The number of hydrogen-bond acceptors (Lipinski definition) is 6. The average molecular weight is 497 g/mol. The fourth-order valence-corrected chi connectivity index (χ4v) is 3.87. The molecule has 0 bridgehead atoms. The van der Waals surface area contributed by atoms with Gasteiger partial charge in [0.15, 0.2) is 16.3 Å². The highest BCUT2D eigenvalue weighted by atomic mass is 79.9. The number of fused-ring (bicyclic) bond motifs is 1. The highest BCUT2D eigenvalue weighted by Gasteiger charge is 2.17. The Balaban J connectivity index is 1.45. The lowest BCUT2D eigenvalue weighted by Crippen LogP contribution is -2.34. The molecule has 0 aliphatic rings. The van der Waals surface area contributed by atoms with Gasteiger partial charge in [0.25, 0.3) is 5.91 Å². The quantitative estimate of drug-likeness (QED) is 0.380. The first-order valence-corrected chi connectivity index (χ1v) is 10.4. The number of methoxy groups -OCH3 is 1. The number of nitrogens with one attached hydrogen (secondary N) is 2. The normalized spacial score (nSPS) is 10.7. The Hall–Kier alpha value is -3.30. The number of carbonyl (C=O) groups excluding carboxylic acids is 1. The predicted molar refractivity (Wildman–Crippen MR) is 126 cm³/mol. The maximum atomic E-state index is 12.7. The second kappa shape index (κ2) is 8.83. The van der Waals surface area contributed by atoms with Gasteiger partial charge in [-0.05, 0) is 73.2 Å². The SMILES string of the molecule is COc1c(C)cc(Br)cc1C(=O)NC(=S)Nc1ccc(-c2nc3ncccc3o2)cc1. The van der Waals surface area contributed by atoms with Gasteiger partial charge in [0.2, 0.25) is 5.89 Å². The molecular weight excluding hydrogens is 480 g/mol. The molecule has 2 N–H and O–H groups in total. The fraction of sp³-hybridized carbons (Fsp3) is 0.0909. The first kappa shape index (κ1) is 21.0. The van der Waals surface area contributed by atoms with Crippen LogP contribution in [0.4, 0.5) is 5.69 Å². The smallest absolute Gasteiger partial charge is 0.261 e. The van der Waals surface area contributed by atoms with Crippen LogP contribution in [0.15, 0.2) is 63.6 Å². The number of hydrogen-bond donors (Lipinski definition) is 2. The molecule has 4 aromatic rings. The van der Waals surface area contributed by atoms with Gasteiger partial charge in [-0.25, -0.2) is 4.98 Å². The summed E-state index contributed by atoms with van der Waals surface area (Å²) in [6, 6.07) is 14.5. The Morgan fingerprint density at radius 2 is 1.97 bits per heavy atom. The van der Waals surface area contributed by atoms with E-state index in [1.54, 1.807) is 18.3 Å². The summed E-state index contributed by atoms with van der Waals surface area (Å²) in [7, 11) is 1.53. The van der Waals surface area contributed by atoms with Gasteiger partial charge in [0, 0.05) is 21.9 Å². The molecule has 0 fully saturated rings. The number of aromatic nitrogens is 2. The van der Waals surface area contributed by atoms with Crippen molar-refractivity contribution in [3.63, 3.8) is 0 Å². The van der Waals surface area contributed by atoms with Crippen LogP contribution in [0.25, 0.3) is 22.7 Å². The molecule has 2 heterocycles. The molecule has 2 aromatic carbocycles. The van der Waals surface area contributed by atoms with E-state index in [0.717, 1.165) is 15.6 Å². The monoisotopic (exact) mass is 496 g/mol. The van der Waals surface area contributed by atoms with E-state index in [1.165, 1.54) is 7.11 Å². The maximum Gasteiger partial charge on any atom is 0.261 e. The number of benzene rings is 2. The van der Waals surface area contributed by atoms with Crippen LogP contribution in [0.5, 0.6) is 5.75 Å². The van der Waals surface area contributed by atoms with Crippen molar-refractivity contribution in [1.29, 1.82) is 0 Å². The zero-order valence-electron chi connectivity index (χ0n) is 16.6. The van der Waals surface area contributed by atoms with Gasteiger partial charge in [-0.1, -0.05) is 15.9 Å². The molecule has 0 aliphatic heterocycles. The van der Waals surface area contributed by atoms with E-state index in [1.807, 2.05) is 43.3 Å². The number of amides is 1. The maximum absolute atomic E-state index is 12.7. The summed E-state index contributed by atoms with van der Waals surface area (Å²) in [6.45, 7) is 1.87. The molecule has 4 rings (SSSR count). The molecule has 0 atom stereocenters. The Labute approximate surface area is 192 Å². The summed E-state index contributed by atoms with van der Waals surface area (Å²) in [4.78, 5) is 21.2. The van der Waals surface area contributed by atoms with Gasteiger partial charge in [0.1, 0.15) is 5.75 Å². The molecule has 0 saturated carbocycles. The number of aryl methyl sites for hydroxylation is 1. The summed E-state index contributed by atoms with van der Waals surface area (Å²) in [5.74, 6) is 0.614. The Morgan fingerprint density at radius 3 is 2.68 bits per heavy atom. The number of ether oxygens (including phenoxy) is 1. The minimum absolute atomic E-state index is 0.170. The topological polar surface area (TPSA) is 89.3 Å². The number of nitrogens with zero attached hydrogens (tertiary/aromatic N) is 2. The van der Waals surface area contributed by atoms with Crippen LogP contribution in [0.2, 0.25) is 0 Å².